The Labute approximate surface area is 127 Å². The fraction of sp³-hybridized carbons (Fsp3) is 0.182. The highest BCUT2D eigenvalue weighted by molar-refractivity contribution is 5.83. The van der Waals surface area contributed by atoms with E-state index in [9.17, 15) is 14.9 Å². The molecular formula is C11H10N8O4. The number of hydrogen-bond donors (Lipinski definition) is 1. The summed E-state index contributed by atoms with van der Waals surface area (Å²) in [6, 6.07) is 3.09. The highest BCUT2D eigenvalue weighted by atomic mass is 16.6. The summed E-state index contributed by atoms with van der Waals surface area (Å²) in [6.45, 7) is 0. The monoisotopic (exact) mass is 318 g/mol. The SMILES string of the molecule is COC(=O)Nc1ccc2nnc(-c3ncc([N+](=O)[O-])n3C)n2n1. The lowest BCUT2D eigenvalue weighted by Crippen LogP contribution is -2.13. The van der Waals surface area contributed by atoms with E-state index in [1.54, 1.807) is 6.07 Å². The quantitative estimate of drug-likeness (QED) is 0.546. The third kappa shape index (κ3) is 2.41. The summed E-state index contributed by atoms with van der Waals surface area (Å²) in [5.74, 6) is 0.422. The third-order valence-electron chi connectivity index (χ3n) is 3.03. The molecule has 0 unspecified atom stereocenters. The Morgan fingerprint density at radius 3 is 2.78 bits per heavy atom. The standard InChI is InChI=1S/C11H10N8O4/c1-17-8(19(21)22)5-12-9(17)10-15-14-7-4-3-6(16-18(7)10)13-11(20)23-2/h3-5H,1-2H3,(H,13,16,20). The maximum atomic E-state index is 11.2. The molecule has 3 aromatic rings. The highest BCUT2D eigenvalue weighted by Crippen LogP contribution is 2.21. The third-order valence-corrected chi connectivity index (χ3v) is 3.03. The molecule has 23 heavy (non-hydrogen) atoms. The molecule has 0 aromatic carbocycles. The van der Waals surface area contributed by atoms with Crippen molar-refractivity contribution in [2.45, 2.75) is 0 Å². The number of carbonyl (C=O) groups excluding carboxylic acids is 1. The van der Waals surface area contributed by atoms with Gasteiger partial charge in [-0.3, -0.25) is 5.32 Å². The van der Waals surface area contributed by atoms with Gasteiger partial charge in [0.05, 0.1) is 14.2 Å². The number of methoxy groups -OCH3 is 1. The van der Waals surface area contributed by atoms with Crippen LogP contribution in [0.3, 0.4) is 0 Å². The minimum Gasteiger partial charge on any atom is -0.453 e. The van der Waals surface area contributed by atoms with E-state index in [0.717, 1.165) is 6.20 Å². The van der Waals surface area contributed by atoms with E-state index in [-0.39, 0.29) is 23.3 Å². The van der Waals surface area contributed by atoms with Crippen molar-refractivity contribution in [1.29, 1.82) is 0 Å². The first-order valence-electron chi connectivity index (χ1n) is 6.25. The van der Waals surface area contributed by atoms with E-state index in [0.29, 0.717) is 5.65 Å². The summed E-state index contributed by atoms with van der Waals surface area (Å²) in [5.41, 5.74) is 0.390. The number of anilines is 1. The summed E-state index contributed by atoms with van der Waals surface area (Å²) >= 11 is 0. The second-order valence-electron chi connectivity index (χ2n) is 4.38. The number of nitrogens with one attached hydrogen (secondary N) is 1. The second kappa shape index (κ2) is 5.32. The van der Waals surface area contributed by atoms with Gasteiger partial charge in [-0.25, -0.2) is 14.3 Å². The number of amides is 1. The molecule has 0 bridgehead atoms. The number of nitrogens with zero attached hydrogens (tertiary/aromatic N) is 7. The molecule has 0 spiro atoms. The number of aromatic nitrogens is 6. The lowest BCUT2D eigenvalue weighted by atomic mass is 10.5. The van der Waals surface area contributed by atoms with E-state index in [4.69, 9.17) is 0 Å². The average molecular weight is 318 g/mol. The van der Waals surface area contributed by atoms with Gasteiger partial charge in [-0.05, 0) is 17.1 Å². The van der Waals surface area contributed by atoms with Crippen LogP contribution in [0.15, 0.2) is 18.3 Å². The van der Waals surface area contributed by atoms with Crippen LogP contribution in [0.25, 0.3) is 17.3 Å². The molecule has 0 saturated carbocycles. The Balaban J connectivity index is 2.09. The van der Waals surface area contributed by atoms with Gasteiger partial charge in [0.15, 0.2) is 11.5 Å². The molecule has 1 amide bonds. The average Bonchev–Trinajstić information content (AvgIpc) is 3.10. The smallest absolute Gasteiger partial charge is 0.412 e. The predicted octanol–water partition coefficient (Wildman–Crippen LogP) is 0.611. The van der Waals surface area contributed by atoms with Crippen molar-refractivity contribution in [3.05, 3.63) is 28.4 Å². The summed E-state index contributed by atoms with van der Waals surface area (Å²) in [5, 5.41) is 25.3. The van der Waals surface area contributed by atoms with Gasteiger partial charge >= 0.3 is 11.9 Å². The van der Waals surface area contributed by atoms with Crippen LogP contribution in [-0.2, 0) is 11.8 Å². The zero-order valence-corrected chi connectivity index (χ0v) is 12.0. The lowest BCUT2D eigenvalue weighted by molar-refractivity contribution is -0.391. The van der Waals surface area contributed by atoms with Crippen LogP contribution in [-0.4, -0.2) is 47.5 Å². The van der Waals surface area contributed by atoms with Gasteiger partial charge in [-0.2, -0.15) is 4.52 Å². The van der Waals surface area contributed by atoms with E-state index < -0.39 is 11.0 Å². The Morgan fingerprint density at radius 1 is 1.35 bits per heavy atom. The van der Waals surface area contributed by atoms with Crippen molar-refractivity contribution in [2.24, 2.45) is 7.05 Å². The maximum absolute atomic E-state index is 11.2. The number of ether oxygens (including phenoxy) is 1. The predicted molar refractivity (Wildman–Crippen MR) is 75.7 cm³/mol. The second-order valence-corrected chi connectivity index (χ2v) is 4.38. The van der Waals surface area contributed by atoms with Crippen LogP contribution >= 0.6 is 0 Å². The first kappa shape index (κ1) is 14.4. The number of carbonyl (C=O) groups is 1. The van der Waals surface area contributed by atoms with Gasteiger partial charge in [-0.1, -0.05) is 0 Å². The molecule has 0 aliphatic heterocycles. The van der Waals surface area contributed by atoms with Gasteiger partial charge < -0.3 is 14.9 Å². The molecule has 0 aliphatic carbocycles. The van der Waals surface area contributed by atoms with Gasteiger partial charge in [0.1, 0.15) is 6.20 Å². The summed E-state index contributed by atoms with van der Waals surface area (Å²) < 4.78 is 7.07. The van der Waals surface area contributed by atoms with Crippen molar-refractivity contribution in [3.63, 3.8) is 0 Å². The van der Waals surface area contributed by atoms with E-state index in [1.807, 2.05) is 0 Å². The Morgan fingerprint density at radius 2 is 2.13 bits per heavy atom. The topological polar surface area (TPSA) is 142 Å². The van der Waals surface area contributed by atoms with Crippen LogP contribution in [0.1, 0.15) is 0 Å². The van der Waals surface area contributed by atoms with Crippen molar-refractivity contribution in [3.8, 4) is 11.6 Å². The molecular weight excluding hydrogens is 308 g/mol. The van der Waals surface area contributed by atoms with Crippen LogP contribution in [0, 0.1) is 10.1 Å². The number of hydrogen-bond acceptors (Lipinski definition) is 8. The zero-order chi connectivity index (χ0) is 16.6. The fourth-order valence-electron chi connectivity index (χ4n) is 1.93. The summed E-state index contributed by atoms with van der Waals surface area (Å²) in [6.07, 6.45) is 0.437. The van der Waals surface area contributed by atoms with Gasteiger partial charge in [-0.15, -0.1) is 15.3 Å². The summed E-state index contributed by atoms with van der Waals surface area (Å²) in [4.78, 5) is 25.6. The van der Waals surface area contributed by atoms with Crippen LogP contribution in [0.2, 0.25) is 0 Å². The van der Waals surface area contributed by atoms with E-state index in [2.05, 4.69) is 30.3 Å². The molecule has 0 fully saturated rings. The van der Waals surface area contributed by atoms with Crippen molar-refractivity contribution >= 4 is 23.4 Å². The molecule has 0 aliphatic rings. The molecule has 0 atom stereocenters. The minimum atomic E-state index is -0.681. The number of fused-ring (bicyclic) bond motifs is 1. The van der Waals surface area contributed by atoms with Gasteiger partial charge in [0.25, 0.3) is 5.82 Å². The molecule has 12 heteroatoms. The summed E-state index contributed by atoms with van der Waals surface area (Å²) in [7, 11) is 2.71. The fourth-order valence-corrected chi connectivity index (χ4v) is 1.93. The molecule has 3 heterocycles. The lowest BCUT2D eigenvalue weighted by Gasteiger charge is -2.03. The Bertz CT molecular complexity index is 914. The zero-order valence-electron chi connectivity index (χ0n) is 12.0. The van der Waals surface area contributed by atoms with E-state index >= 15 is 0 Å². The molecule has 3 rings (SSSR count). The Kier molecular flexibility index (Phi) is 3.33. The Hall–Kier alpha value is -3.57. The maximum Gasteiger partial charge on any atom is 0.412 e. The number of nitro groups is 1. The van der Waals surface area contributed by atoms with E-state index in [1.165, 1.54) is 29.3 Å². The highest BCUT2D eigenvalue weighted by Gasteiger charge is 2.23. The molecule has 0 radical (unpaired) electrons. The number of rotatable bonds is 3. The number of imidazole rings is 1. The van der Waals surface area contributed by atoms with Gasteiger partial charge in [0, 0.05) is 0 Å². The largest absolute Gasteiger partial charge is 0.453 e. The van der Waals surface area contributed by atoms with Crippen LogP contribution < -0.4 is 5.32 Å². The molecule has 12 nitrogen and oxygen atoms in total. The molecule has 0 saturated heterocycles. The first-order chi connectivity index (χ1) is 11.0. The van der Waals surface area contributed by atoms with Crippen molar-refractivity contribution in [1.82, 2.24) is 29.4 Å². The minimum absolute atomic E-state index is 0.194. The van der Waals surface area contributed by atoms with Crippen molar-refractivity contribution in [2.75, 3.05) is 12.4 Å². The van der Waals surface area contributed by atoms with Crippen LogP contribution in [0.5, 0.6) is 0 Å². The molecule has 1 N–H and O–H groups in total. The molecule has 3 aromatic heterocycles. The first-order valence-corrected chi connectivity index (χ1v) is 6.25. The normalized spacial score (nSPS) is 10.7. The van der Waals surface area contributed by atoms with Crippen molar-refractivity contribution < 1.29 is 14.5 Å². The van der Waals surface area contributed by atoms with Crippen LogP contribution in [0.4, 0.5) is 16.4 Å². The molecule has 118 valence electrons. The van der Waals surface area contributed by atoms with Gasteiger partial charge in [0.2, 0.25) is 5.82 Å².